The summed E-state index contributed by atoms with van der Waals surface area (Å²) in [5.74, 6) is -2.45. The van der Waals surface area contributed by atoms with Gasteiger partial charge in [0.05, 0.1) is 10.9 Å². The summed E-state index contributed by atoms with van der Waals surface area (Å²) in [5, 5.41) is 6.80. The molecule has 1 aromatic carbocycles. The summed E-state index contributed by atoms with van der Waals surface area (Å²) in [4.78, 5) is 3.69. The first kappa shape index (κ1) is 16.5. The number of benzene rings is 1. The van der Waals surface area contributed by atoms with Crippen LogP contribution in [0.25, 0.3) is 0 Å². The fourth-order valence-electron chi connectivity index (χ4n) is 1.75. The van der Waals surface area contributed by atoms with Crippen molar-refractivity contribution in [2.75, 3.05) is 0 Å². The van der Waals surface area contributed by atoms with Gasteiger partial charge in [0.1, 0.15) is 0 Å². The highest BCUT2D eigenvalue weighted by molar-refractivity contribution is 7.91. The highest BCUT2D eigenvalue weighted by Crippen LogP contribution is 2.19. The van der Waals surface area contributed by atoms with Crippen molar-refractivity contribution in [3.8, 4) is 0 Å². The zero-order valence-electron chi connectivity index (χ0n) is 12.0. The molecule has 0 aliphatic rings. The Morgan fingerprint density at radius 2 is 1.91 bits per heavy atom. The number of nitrogens with one attached hydrogen (secondary N) is 1. The monoisotopic (exact) mass is 331 g/mol. The molecule has 2 aromatic rings. The van der Waals surface area contributed by atoms with Gasteiger partial charge >= 0.3 is 5.76 Å². The summed E-state index contributed by atoms with van der Waals surface area (Å²) < 4.78 is 52.5. The molecule has 1 unspecified atom stereocenters. The molecule has 0 fully saturated rings. The Morgan fingerprint density at radius 3 is 2.41 bits per heavy atom. The Kier molecular flexibility index (Phi) is 4.87. The van der Waals surface area contributed by atoms with Crippen LogP contribution in [0.4, 0.5) is 8.78 Å². The van der Waals surface area contributed by atoms with Gasteiger partial charge in [0.15, 0.2) is 5.82 Å². The van der Waals surface area contributed by atoms with Crippen molar-refractivity contribution < 1.29 is 21.7 Å². The van der Waals surface area contributed by atoms with Gasteiger partial charge in [0.25, 0.3) is 0 Å². The molecule has 120 valence electrons. The maximum Gasteiger partial charge on any atom is 0.341 e. The van der Waals surface area contributed by atoms with Crippen LogP contribution in [-0.2, 0) is 16.4 Å². The minimum atomic E-state index is -4.55. The summed E-state index contributed by atoms with van der Waals surface area (Å²) >= 11 is 0. The molecular formula is C13H15F2N3O3S. The van der Waals surface area contributed by atoms with Crippen molar-refractivity contribution >= 4 is 9.84 Å². The van der Waals surface area contributed by atoms with Gasteiger partial charge in [-0.05, 0) is 31.5 Å². The normalized spacial score (nSPS) is 13.5. The second kappa shape index (κ2) is 6.49. The van der Waals surface area contributed by atoms with E-state index in [1.54, 1.807) is 6.92 Å². The van der Waals surface area contributed by atoms with Gasteiger partial charge in [-0.25, -0.2) is 8.42 Å². The second-order valence-corrected chi connectivity index (χ2v) is 6.65. The largest absolute Gasteiger partial charge is 0.341 e. The molecule has 1 heterocycles. The molecule has 1 atom stereocenters. The van der Waals surface area contributed by atoms with Crippen LogP contribution in [0.3, 0.4) is 0 Å². The Bertz CT molecular complexity index is 729. The van der Waals surface area contributed by atoms with E-state index in [9.17, 15) is 17.2 Å². The first-order valence-corrected chi connectivity index (χ1v) is 8.00. The molecule has 0 spiro atoms. The summed E-state index contributed by atoms with van der Waals surface area (Å²) in [6.45, 7) is 3.95. The van der Waals surface area contributed by atoms with E-state index in [0.29, 0.717) is 18.3 Å². The third-order valence-corrected chi connectivity index (χ3v) is 4.41. The van der Waals surface area contributed by atoms with Crippen molar-refractivity contribution in [2.24, 2.45) is 0 Å². The SMILES string of the molecule is Cc1noc(C(C)NCc2ccc(S(=O)(=O)C(F)F)cc2)n1. The number of sulfone groups is 1. The van der Waals surface area contributed by atoms with E-state index >= 15 is 0 Å². The van der Waals surface area contributed by atoms with E-state index in [1.165, 1.54) is 24.3 Å². The topological polar surface area (TPSA) is 85.1 Å². The second-order valence-electron chi connectivity index (χ2n) is 4.73. The van der Waals surface area contributed by atoms with Gasteiger partial charge in [0.2, 0.25) is 15.7 Å². The molecule has 9 heteroatoms. The van der Waals surface area contributed by atoms with E-state index in [0.717, 1.165) is 5.56 Å². The van der Waals surface area contributed by atoms with Gasteiger partial charge in [-0.3, -0.25) is 0 Å². The quantitative estimate of drug-likeness (QED) is 0.874. The lowest BCUT2D eigenvalue weighted by Crippen LogP contribution is -2.18. The Morgan fingerprint density at radius 1 is 1.27 bits per heavy atom. The van der Waals surface area contributed by atoms with Crippen molar-refractivity contribution in [1.82, 2.24) is 15.5 Å². The maximum absolute atomic E-state index is 12.4. The predicted octanol–water partition coefficient (Wildman–Crippen LogP) is 2.23. The molecule has 2 rings (SSSR count). The van der Waals surface area contributed by atoms with Crippen LogP contribution in [0.1, 0.15) is 30.2 Å². The van der Waals surface area contributed by atoms with E-state index in [-0.39, 0.29) is 6.04 Å². The number of aryl methyl sites for hydroxylation is 1. The van der Waals surface area contributed by atoms with Gasteiger partial charge in [-0.1, -0.05) is 17.3 Å². The Labute approximate surface area is 126 Å². The van der Waals surface area contributed by atoms with E-state index in [4.69, 9.17) is 4.52 Å². The fourth-order valence-corrected chi connectivity index (χ4v) is 2.47. The Hall–Kier alpha value is -1.87. The molecular weight excluding hydrogens is 316 g/mol. The minimum absolute atomic E-state index is 0.189. The predicted molar refractivity (Wildman–Crippen MR) is 73.9 cm³/mol. The Balaban J connectivity index is 2.00. The standard InChI is InChI=1S/C13H15F2N3O3S/c1-8(12-17-9(2)18-21-12)16-7-10-3-5-11(6-4-10)22(19,20)13(14)15/h3-6,8,13,16H,7H2,1-2H3. The van der Waals surface area contributed by atoms with Crippen LogP contribution in [-0.4, -0.2) is 24.3 Å². The first-order chi connectivity index (χ1) is 10.3. The van der Waals surface area contributed by atoms with Crippen LogP contribution in [0.2, 0.25) is 0 Å². The fraction of sp³-hybridized carbons (Fsp3) is 0.385. The smallest absolute Gasteiger partial charge is 0.338 e. The van der Waals surface area contributed by atoms with Crippen LogP contribution >= 0.6 is 0 Å². The average Bonchev–Trinajstić information content (AvgIpc) is 2.91. The molecule has 0 amide bonds. The number of alkyl halides is 2. The highest BCUT2D eigenvalue weighted by atomic mass is 32.2. The summed E-state index contributed by atoms with van der Waals surface area (Å²) in [6, 6.07) is 5.10. The van der Waals surface area contributed by atoms with E-state index < -0.39 is 20.5 Å². The zero-order valence-corrected chi connectivity index (χ0v) is 12.8. The van der Waals surface area contributed by atoms with Gasteiger partial charge in [-0.15, -0.1) is 0 Å². The zero-order chi connectivity index (χ0) is 16.3. The number of rotatable bonds is 6. The lowest BCUT2D eigenvalue weighted by Gasteiger charge is -2.10. The molecule has 0 aliphatic heterocycles. The molecule has 6 nitrogen and oxygen atoms in total. The van der Waals surface area contributed by atoms with Crippen molar-refractivity contribution in [3.63, 3.8) is 0 Å². The maximum atomic E-state index is 12.4. The summed E-state index contributed by atoms with van der Waals surface area (Å²) in [7, 11) is -4.55. The van der Waals surface area contributed by atoms with Crippen LogP contribution in [0.5, 0.6) is 0 Å². The van der Waals surface area contributed by atoms with Crippen molar-refractivity contribution in [2.45, 2.75) is 37.1 Å². The van der Waals surface area contributed by atoms with E-state index in [2.05, 4.69) is 15.5 Å². The molecule has 0 radical (unpaired) electrons. The van der Waals surface area contributed by atoms with Crippen LogP contribution in [0.15, 0.2) is 33.7 Å². The lowest BCUT2D eigenvalue weighted by atomic mass is 10.2. The van der Waals surface area contributed by atoms with E-state index in [1.807, 2.05) is 6.92 Å². The van der Waals surface area contributed by atoms with Gasteiger partial charge in [0, 0.05) is 6.54 Å². The number of nitrogens with zero attached hydrogens (tertiary/aromatic N) is 2. The molecule has 1 aromatic heterocycles. The van der Waals surface area contributed by atoms with Gasteiger partial charge in [-0.2, -0.15) is 13.8 Å². The number of hydrogen-bond acceptors (Lipinski definition) is 6. The highest BCUT2D eigenvalue weighted by Gasteiger charge is 2.26. The van der Waals surface area contributed by atoms with Crippen molar-refractivity contribution in [1.29, 1.82) is 0 Å². The number of hydrogen-bond donors (Lipinski definition) is 1. The first-order valence-electron chi connectivity index (χ1n) is 6.45. The van der Waals surface area contributed by atoms with Crippen molar-refractivity contribution in [3.05, 3.63) is 41.5 Å². The third kappa shape index (κ3) is 3.66. The molecule has 0 aliphatic carbocycles. The number of aromatic nitrogens is 2. The minimum Gasteiger partial charge on any atom is -0.338 e. The molecule has 0 bridgehead atoms. The van der Waals surface area contributed by atoms with Crippen LogP contribution < -0.4 is 5.32 Å². The molecule has 22 heavy (non-hydrogen) atoms. The molecule has 1 N–H and O–H groups in total. The molecule has 0 saturated carbocycles. The van der Waals surface area contributed by atoms with Crippen LogP contribution in [0, 0.1) is 6.92 Å². The summed E-state index contributed by atoms with van der Waals surface area (Å²) in [6.07, 6.45) is 0. The summed E-state index contributed by atoms with van der Waals surface area (Å²) in [5.41, 5.74) is 0.747. The number of halogens is 2. The van der Waals surface area contributed by atoms with Gasteiger partial charge < -0.3 is 9.84 Å². The lowest BCUT2D eigenvalue weighted by molar-refractivity contribution is 0.234. The average molecular weight is 331 g/mol. The third-order valence-electron chi connectivity index (χ3n) is 3.01. The molecule has 0 saturated heterocycles.